The third-order valence-corrected chi connectivity index (χ3v) is 6.57. The van der Waals surface area contributed by atoms with Gasteiger partial charge < -0.3 is 15.6 Å². The van der Waals surface area contributed by atoms with Gasteiger partial charge in [0, 0.05) is 5.69 Å². The van der Waals surface area contributed by atoms with Gasteiger partial charge >= 0.3 is 0 Å². The van der Waals surface area contributed by atoms with Gasteiger partial charge in [0.25, 0.3) is 0 Å². The molecule has 0 radical (unpaired) electrons. The van der Waals surface area contributed by atoms with E-state index in [9.17, 15) is 20.6 Å². The van der Waals surface area contributed by atoms with Gasteiger partial charge in [-0.15, -0.1) is 0 Å². The van der Waals surface area contributed by atoms with E-state index in [0.29, 0.717) is 29.9 Å². The summed E-state index contributed by atoms with van der Waals surface area (Å²) in [5.41, 5.74) is -1.59. The molecule has 1 unspecified atom stereocenters. The Hall–Kier alpha value is -3.47. The van der Waals surface area contributed by atoms with Crippen LogP contribution in [0.1, 0.15) is 12.5 Å². The normalized spacial score (nSPS) is 32.2. The monoisotopic (exact) mass is 371 g/mol. The molecule has 2 heterocycles. The first-order chi connectivity index (χ1) is 13.5. The number of nitrogens with zero attached hydrogens (tertiary/aromatic N) is 3. The molecule has 1 saturated carbocycles. The molecule has 3 aliphatic rings. The molecule has 1 aliphatic carbocycles. The highest BCUT2D eigenvalue weighted by Crippen LogP contribution is 2.58. The summed E-state index contributed by atoms with van der Waals surface area (Å²) in [7, 11) is 0. The molecule has 1 amide bonds. The first-order valence-electron chi connectivity index (χ1n) is 9.27. The number of fused-ring (bicyclic) bond motifs is 4. The molecule has 7 heteroatoms. The lowest BCUT2D eigenvalue weighted by Crippen LogP contribution is -3.13. The topological polar surface area (TPSA) is 129 Å². The Morgan fingerprint density at radius 1 is 1.29 bits per heavy atom. The van der Waals surface area contributed by atoms with Crippen LogP contribution < -0.4 is 10.2 Å². The first-order valence-corrected chi connectivity index (χ1v) is 9.27. The number of likely N-dealkylation sites (N-methyl/N-ethyl adjacent to an activating group) is 1. The summed E-state index contributed by atoms with van der Waals surface area (Å²) in [6.07, 6.45) is 1.84. The molecule has 138 valence electrons. The number of anilines is 1. The van der Waals surface area contributed by atoms with Gasteiger partial charge in [-0.05, 0) is 30.2 Å². The third kappa shape index (κ3) is 1.88. The van der Waals surface area contributed by atoms with Gasteiger partial charge in [0.1, 0.15) is 11.3 Å². The van der Waals surface area contributed by atoms with E-state index in [1.807, 2.05) is 43.3 Å². The summed E-state index contributed by atoms with van der Waals surface area (Å²) >= 11 is 0. The number of hydrogen-bond acceptors (Lipinski definition) is 5. The van der Waals surface area contributed by atoms with Gasteiger partial charge in [0.2, 0.25) is 11.3 Å². The number of carbonyl (C=O) groups is 1. The van der Waals surface area contributed by atoms with Crippen molar-refractivity contribution in [3.63, 3.8) is 0 Å². The molecule has 0 aromatic heterocycles. The lowest BCUT2D eigenvalue weighted by molar-refractivity contribution is -0.897. The van der Waals surface area contributed by atoms with Crippen molar-refractivity contribution >= 4 is 17.3 Å². The Kier molecular flexibility index (Phi) is 3.85. The van der Waals surface area contributed by atoms with Gasteiger partial charge in [0.15, 0.2) is 0 Å². The van der Waals surface area contributed by atoms with Gasteiger partial charge in [-0.2, -0.15) is 15.8 Å². The molecule has 1 aromatic rings. The van der Waals surface area contributed by atoms with E-state index in [2.05, 4.69) is 11.4 Å². The lowest BCUT2D eigenvalue weighted by atomic mass is 9.48. The number of benzene rings is 1. The molecule has 2 aliphatic heterocycles. The van der Waals surface area contributed by atoms with Crippen LogP contribution in [0, 0.1) is 56.7 Å². The summed E-state index contributed by atoms with van der Waals surface area (Å²) in [6.45, 7) is 4.01. The molecule has 0 bridgehead atoms. The van der Waals surface area contributed by atoms with Crippen LogP contribution in [0.4, 0.5) is 5.69 Å². The van der Waals surface area contributed by atoms with E-state index in [4.69, 9.17) is 5.41 Å². The molecule has 1 spiro atoms. The molecule has 4 rings (SSSR count). The molecule has 1 aromatic carbocycles. The number of para-hydroxylation sites is 1. The highest BCUT2D eigenvalue weighted by atomic mass is 16.2. The number of nitriles is 3. The molecular weight excluding hydrogens is 352 g/mol. The number of quaternary nitrogens is 1. The number of rotatable bonds is 1. The number of hydrogen-bond donors (Lipinski definition) is 3. The molecule has 3 N–H and O–H groups in total. The molecule has 7 nitrogen and oxygen atoms in total. The highest BCUT2D eigenvalue weighted by molar-refractivity contribution is 6.14. The summed E-state index contributed by atoms with van der Waals surface area (Å²) in [5.74, 6) is -2.02. The Morgan fingerprint density at radius 3 is 2.64 bits per heavy atom. The minimum Gasteiger partial charge on any atom is -0.331 e. The third-order valence-electron chi connectivity index (χ3n) is 6.57. The van der Waals surface area contributed by atoms with Crippen LogP contribution in [0.3, 0.4) is 0 Å². The minimum absolute atomic E-state index is 0.297. The fraction of sp³-hybridized carbons (Fsp3) is 0.381. The maximum absolute atomic E-state index is 13.4. The van der Waals surface area contributed by atoms with Crippen LogP contribution in [0.2, 0.25) is 0 Å². The second-order valence-corrected chi connectivity index (χ2v) is 7.54. The van der Waals surface area contributed by atoms with Crippen LogP contribution in [0.5, 0.6) is 0 Å². The van der Waals surface area contributed by atoms with Crippen LogP contribution in [-0.4, -0.2) is 31.3 Å². The SMILES string of the molecule is CC[NH+]1CC=C2[C@@H](C1)[C@]1(C(=O)Nc3ccccc31)[C@@H](C#N)C(=N)C2(C#N)C#N. The van der Waals surface area contributed by atoms with Crippen molar-refractivity contribution in [3.8, 4) is 18.2 Å². The Labute approximate surface area is 163 Å². The Morgan fingerprint density at radius 2 is 2.00 bits per heavy atom. The number of nitrogens with one attached hydrogen (secondary N) is 3. The van der Waals surface area contributed by atoms with Crippen molar-refractivity contribution in [2.45, 2.75) is 12.3 Å². The zero-order chi connectivity index (χ0) is 20.1. The fourth-order valence-corrected chi connectivity index (χ4v) is 5.16. The molecule has 1 fully saturated rings. The summed E-state index contributed by atoms with van der Waals surface area (Å²) in [5, 5.41) is 41.4. The Bertz CT molecular complexity index is 1040. The van der Waals surface area contributed by atoms with E-state index in [1.54, 1.807) is 6.07 Å². The van der Waals surface area contributed by atoms with E-state index < -0.39 is 22.7 Å². The quantitative estimate of drug-likeness (QED) is 0.622. The average Bonchev–Trinajstić information content (AvgIpc) is 3.02. The fourth-order valence-electron chi connectivity index (χ4n) is 5.16. The minimum atomic E-state index is -1.80. The molecule has 0 saturated heterocycles. The number of carbonyl (C=O) groups excluding carboxylic acids is 1. The van der Waals surface area contributed by atoms with Crippen molar-refractivity contribution in [3.05, 3.63) is 41.5 Å². The summed E-state index contributed by atoms with van der Waals surface area (Å²) in [6, 6.07) is 13.4. The zero-order valence-corrected chi connectivity index (χ0v) is 15.4. The summed E-state index contributed by atoms with van der Waals surface area (Å²) < 4.78 is 0. The predicted octanol–water partition coefficient (Wildman–Crippen LogP) is 0.544. The van der Waals surface area contributed by atoms with Gasteiger partial charge in [-0.1, -0.05) is 18.2 Å². The maximum Gasteiger partial charge on any atom is 0.237 e. The smallest absolute Gasteiger partial charge is 0.237 e. The second kappa shape index (κ2) is 6.02. The first kappa shape index (κ1) is 17.9. The average molecular weight is 371 g/mol. The molecule has 4 atom stereocenters. The van der Waals surface area contributed by atoms with Crippen molar-refractivity contribution in [1.82, 2.24) is 0 Å². The zero-order valence-electron chi connectivity index (χ0n) is 15.4. The van der Waals surface area contributed by atoms with Crippen LogP contribution in [-0.2, 0) is 10.2 Å². The summed E-state index contributed by atoms with van der Waals surface area (Å²) in [4.78, 5) is 14.6. The van der Waals surface area contributed by atoms with Crippen molar-refractivity contribution < 1.29 is 9.69 Å². The Balaban J connectivity index is 2.07. The lowest BCUT2D eigenvalue weighted by Gasteiger charge is -2.50. The van der Waals surface area contributed by atoms with Crippen molar-refractivity contribution in [1.29, 1.82) is 21.2 Å². The predicted molar refractivity (Wildman–Crippen MR) is 100 cm³/mol. The van der Waals surface area contributed by atoms with Crippen molar-refractivity contribution in [2.24, 2.45) is 17.3 Å². The standard InChI is InChI=1S/C21H18N6O/c1-2-27-8-7-13-16(10-27)21(14-5-3-4-6-17(14)26-19(21)28)15(9-22)18(25)20(13,11-23)12-24/h3-7,15-16,25H,2,8,10H2,1H3,(H,26,28)/p+1/t15-,16+,21+/m0/s1. The van der Waals surface area contributed by atoms with Gasteiger partial charge in [-0.25, -0.2) is 0 Å². The molecular formula is C21H19N6O+. The van der Waals surface area contributed by atoms with E-state index in [0.717, 1.165) is 6.54 Å². The van der Waals surface area contributed by atoms with Gasteiger partial charge in [0.05, 0.1) is 49.5 Å². The van der Waals surface area contributed by atoms with Crippen molar-refractivity contribution in [2.75, 3.05) is 25.0 Å². The maximum atomic E-state index is 13.4. The van der Waals surface area contributed by atoms with Crippen LogP contribution in [0.15, 0.2) is 35.9 Å². The van der Waals surface area contributed by atoms with Crippen LogP contribution >= 0.6 is 0 Å². The van der Waals surface area contributed by atoms with E-state index in [1.165, 1.54) is 4.90 Å². The van der Waals surface area contributed by atoms with E-state index >= 15 is 0 Å². The number of amides is 1. The van der Waals surface area contributed by atoms with Crippen LogP contribution in [0.25, 0.3) is 0 Å². The highest BCUT2D eigenvalue weighted by Gasteiger charge is 2.69. The largest absolute Gasteiger partial charge is 0.331 e. The second-order valence-electron chi connectivity index (χ2n) is 7.54. The van der Waals surface area contributed by atoms with E-state index in [-0.39, 0.29) is 11.6 Å². The molecule has 28 heavy (non-hydrogen) atoms. The van der Waals surface area contributed by atoms with Gasteiger partial charge in [-0.3, -0.25) is 4.79 Å².